The van der Waals surface area contributed by atoms with E-state index >= 15 is 0 Å². The van der Waals surface area contributed by atoms with Crippen molar-refractivity contribution >= 4 is 6.29 Å². The van der Waals surface area contributed by atoms with Gasteiger partial charge < -0.3 is 4.79 Å². The lowest BCUT2D eigenvalue weighted by Gasteiger charge is -2.16. The van der Waals surface area contributed by atoms with Gasteiger partial charge in [-0.2, -0.15) is 0 Å². The van der Waals surface area contributed by atoms with Crippen LogP contribution in [-0.4, -0.2) is 16.7 Å². The van der Waals surface area contributed by atoms with Crippen molar-refractivity contribution in [1.29, 1.82) is 0 Å². The van der Waals surface area contributed by atoms with Gasteiger partial charge in [0.05, 0.1) is 0 Å². The highest BCUT2D eigenvalue weighted by Crippen LogP contribution is 2.17. The van der Waals surface area contributed by atoms with E-state index in [0.717, 1.165) is 6.29 Å². The Morgan fingerprint density at radius 3 is 2.36 bits per heavy atom. The summed E-state index contributed by atoms with van der Waals surface area (Å²) in [7, 11) is 0. The highest BCUT2D eigenvalue weighted by molar-refractivity contribution is 5.52. The quantitative estimate of drug-likeness (QED) is 0.352. The zero-order valence-electron chi connectivity index (χ0n) is 7.03. The van der Waals surface area contributed by atoms with Gasteiger partial charge in [0.25, 0.3) is 0 Å². The van der Waals surface area contributed by atoms with Crippen molar-refractivity contribution in [2.75, 3.05) is 0 Å². The third-order valence-electron chi connectivity index (χ3n) is 1.55. The Morgan fingerprint density at radius 1 is 1.64 bits per heavy atom. The Morgan fingerprint density at radius 2 is 2.09 bits per heavy atom. The Balaban J connectivity index is 4.11. The minimum Gasteiger partial charge on any atom is -0.303 e. The van der Waals surface area contributed by atoms with Crippen LogP contribution in [0.4, 0.5) is 0 Å². The summed E-state index contributed by atoms with van der Waals surface area (Å²) in [6.07, 6.45) is 1.04. The van der Waals surface area contributed by atoms with Crippen LogP contribution >= 0.6 is 0 Å². The zero-order chi connectivity index (χ0) is 9.07. The van der Waals surface area contributed by atoms with E-state index in [9.17, 15) is 14.9 Å². The van der Waals surface area contributed by atoms with Gasteiger partial charge in [0.15, 0.2) is 0 Å². The molecule has 0 saturated carbocycles. The highest BCUT2D eigenvalue weighted by atomic mass is 16.6. The Hall–Kier alpha value is -0.930. The fourth-order valence-corrected chi connectivity index (χ4v) is 0.911. The molecule has 0 amide bonds. The van der Waals surface area contributed by atoms with Gasteiger partial charge in [-0.05, 0) is 0 Å². The first-order valence-corrected chi connectivity index (χ1v) is 3.50. The van der Waals surface area contributed by atoms with Crippen molar-refractivity contribution in [2.45, 2.75) is 32.7 Å². The second-order valence-corrected chi connectivity index (χ2v) is 3.39. The van der Waals surface area contributed by atoms with Crippen LogP contribution in [0.5, 0.6) is 0 Å². The maximum absolute atomic E-state index is 10.4. The van der Waals surface area contributed by atoms with Crippen molar-refractivity contribution in [2.24, 2.45) is 5.92 Å². The lowest BCUT2D eigenvalue weighted by Crippen LogP contribution is -2.33. The van der Waals surface area contributed by atoms with Crippen LogP contribution in [0.3, 0.4) is 0 Å². The average Bonchev–Trinajstić information content (AvgIpc) is 1.86. The van der Waals surface area contributed by atoms with Gasteiger partial charge in [0.2, 0.25) is 5.54 Å². The van der Waals surface area contributed by atoms with Gasteiger partial charge in [0.1, 0.15) is 6.29 Å². The lowest BCUT2D eigenvalue weighted by molar-refractivity contribution is -0.562. The van der Waals surface area contributed by atoms with E-state index in [-0.39, 0.29) is 10.8 Å². The number of nitrogens with zero attached hydrogens (tertiary/aromatic N) is 1. The Kier molecular flexibility index (Phi) is 3.17. The van der Waals surface area contributed by atoms with Gasteiger partial charge in [-0.15, -0.1) is 0 Å². The SMILES string of the molecule is C[C@H](C=O)CC(C)(C)[N+](=O)[O-]. The van der Waals surface area contributed by atoms with E-state index in [1.807, 2.05) is 0 Å². The van der Waals surface area contributed by atoms with Gasteiger partial charge in [-0.25, -0.2) is 0 Å². The van der Waals surface area contributed by atoms with Gasteiger partial charge in [-0.3, -0.25) is 10.1 Å². The monoisotopic (exact) mass is 159 g/mol. The van der Waals surface area contributed by atoms with Crippen molar-refractivity contribution in [3.05, 3.63) is 10.1 Å². The Labute approximate surface area is 65.7 Å². The number of hydrogen-bond acceptors (Lipinski definition) is 3. The molecule has 0 rings (SSSR count). The second kappa shape index (κ2) is 3.46. The number of hydrogen-bond donors (Lipinski definition) is 0. The number of nitro groups is 1. The number of carbonyl (C=O) groups excluding carboxylic acids is 1. The molecule has 0 bridgehead atoms. The van der Waals surface area contributed by atoms with E-state index in [2.05, 4.69) is 0 Å². The van der Waals surface area contributed by atoms with Crippen LogP contribution in [0.1, 0.15) is 27.2 Å². The molecule has 0 aliphatic heterocycles. The molecule has 1 atom stereocenters. The van der Waals surface area contributed by atoms with Crippen molar-refractivity contribution in [1.82, 2.24) is 0 Å². The maximum atomic E-state index is 10.4. The fraction of sp³-hybridized carbons (Fsp3) is 0.857. The summed E-state index contributed by atoms with van der Waals surface area (Å²) < 4.78 is 0. The minimum atomic E-state index is -0.986. The van der Waals surface area contributed by atoms with Crippen molar-refractivity contribution < 1.29 is 9.72 Å². The molecule has 0 spiro atoms. The third kappa shape index (κ3) is 3.11. The summed E-state index contributed by atoms with van der Waals surface area (Å²) in [5.74, 6) is -0.240. The predicted molar refractivity (Wildman–Crippen MR) is 40.9 cm³/mol. The van der Waals surface area contributed by atoms with Crippen LogP contribution in [0.15, 0.2) is 0 Å². The first-order valence-electron chi connectivity index (χ1n) is 3.50. The van der Waals surface area contributed by atoms with Crippen molar-refractivity contribution in [3.8, 4) is 0 Å². The summed E-state index contributed by atoms with van der Waals surface area (Å²) in [5.41, 5.74) is -0.986. The van der Waals surface area contributed by atoms with E-state index in [1.54, 1.807) is 6.92 Å². The van der Waals surface area contributed by atoms with Gasteiger partial charge in [0, 0.05) is 31.1 Å². The summed E-state index contributed by atoms with van der Waals surface area (Å²) in [6.45, 7) is 4.72. The van der Waals surface area contributed by atoms with Gasteiger partial charge >= 0.3 is 0 Å². The van der Waals surface area contributed by atoms with E-state index in [4.69, 9.17) is 0 Å². The van der Waals surface area contributed by atoms with E-state index < -0.39 is 5.54 Å². The zero-order valence-corrected chi connectivity index (χ0v) is 7.03. The normalized spacial score (nSPS) is 14.1. The molecule has 4 heteroatoms. The first kappa shape index (κ1) is 10.1. The first-order chi connectivity index (χ1) is 4.90. The fourth-order valence-electron chi connectivity index (χ4n) is 0.911. The van der Waals surface area contributed by atoms with Crippen LogP contribution in [-0.2, 0) is 4.79 Å². The molecule has 0 fully saturated rings. The van der Waals surface area contributed by atoms with Crippen LogP contribution in [0.25, 0.3) is 0 Å². The summed E-state index contributed by atoms with van der Waals surface area (Å²) >= 11 is 0. The van der Waals surface area contributed by atoms with Crippen LogP contribution < -0.4 is 0 Å². The number of rotatable bonds is 4. The van der Waals surface area contributed by atoms with E-state index in [0.29, 0.717) is 6.42 Å². The van der Waals surface area contributed by atoms with Gasteiger partial charge in [-0.1, -0.05) is 6.92 Å². The molecule has 0 radical (unpaired) electrons. The largest absolute Gasteiger partial charge is 0.303 e. The molecule has 0 unspecified atom stereocenters. The molecule has 64 valence electrons. The molecule has 11 heavy (non-hydrogen) atoms. The van der Waals surface area contributed by atoms with Crippen molar-refractivity contribution in [3.63, 3.8) is 0 Å². The molecule has 0 aromatic heterocycles. The molecule has 0 saturated heterocycles. The number of aldehydes is 1. The molecule has 0 aromatic rings. The Bertz CT molecular complexity index is 165. The molecule has 4 nitrogen and oxygen atoms in total. The molecule has 0 N–H and O–H groups in total. The standard InChI is InChI=1S/C7H13NO3/c1-6(5-9)4-7(2,3)8(10)11/h5-6H,4H2,1-3H3/t6-/m0/s1. The summed E-state index contributed by atoms with van der Waals surface area (Å²) in [4.78, 5) is 20.2. The second-order valence-electron chi connectivity index (χ2n) is 3.39. The average molecular weight is 159 g/mol. The highest BCUT2D eigenvalue weighted by Gasteiger charge is 2.32. The maximum Gasteiger partial charge on any atom is 0.217 e. The molecule has 0 heterocycles. The molecule has 0 aliphatic rings. The predicted octanol–water partition coefficient (Wildman–Crippen LogP) is 1.27. The molecular formula is C7H13NO3. The number of carbonyl (C=O) groups is 1. The van der Waals surface area contributed by atoms with Crippen LogP contribution in [0.2, 0.25) is 0 Å². The lowest BCUT2D eigenvalue weighted by atomic mass is 9.93. The molecule has 0 aliphatic carbocycles. The minimum absolute atomic E-state index is 0.240. The summed E-state index contributed by atoms with van der Waals surface area (Å²) in [5, 5.41) is 10.4. The molecule has 0 aromatic carbocycles. The smallest absolute Gasteiger partial charge is 0.217 e. The third-order valence-corrected chi connectivity index (χ3v) is 1.55. The summed E-state index contributed by atoms with van der Waals surface area (Å²) in [6, 6.07) is 0. The van der Waals surface area contributed by atoms with Crippen LogP contribution in [0, 0.1) is 16.0 Å². The topological polar surface area (TPSA) is 60.2 Å². The molecular weight excluding hydrogens is 146 g/mol. The van der Waals surface area contributed by atoms with E-state index in [1.165, 1.54) is 13.8 Å².